The molecule has 30 heavy (non-hydrogen) atoms. The van der Waals surface area contributed by atoms with Crippen LogP contribution in [0.3, 0.4) is 0 Å². The summed E-state index contributed by atoms with van der Waals surface area (Å²) in [6.07, 6.45) is -0.172. The van der Waals surface area contributed by atoms with Crippen LogP contribution in [0.1, 0.15) is 34.6 Å². The van der Waals surface area contributed by atoms with Crippen molar-refractivity contribution in [2.24, 2.45) is 0 Å². The second-order valence-electron chi connectivity index (χ2n) is 7.84. The van der Waals surface area contributed by atoms with Crippen LogP contribution < -0.4 is 10.5 Å². The van der Waals surface area contributed by atoms with E-state index in [1.807, 2.05) is 25.1 Å². The fourth-order valence-electron chi connectivity index (χ4n) is 4.25. The minimum atomic E-state index is -1.76. The Labute approximate surface area is 172 Å². The van der Waals surface area contributed by atoms with Crippen molar-refractivity contribution in [3.8, 4) is 0 Å². The molecule has 4 heterocycles. The number of carbonyl (C=O) groups is 1. The Balaban J connectivity index is 1.54. The van der Waals surface area contributed by atoms with Crippen molar-refractivity contribution in [1.29, 1.82) is 0 Å². The molecular formula is C20H21BFN5O3. The van der Waals surface area contributed by atoms with E-state index in [0.29, 0.717) is 18.0 Å². The van der Waals surface area contributed by atoms with E-state index >= 15 is 0 Å². The molecule has 0 radical (unpaired) electrons. The van der Waals surface area contributed by atoms with Gasteiger partial charge < -0.3 is 19.8 Å². The smallest absolute Gasteiger partial charge is 0.422 e. The lowest BCUT2D eigenvalue weighted by atomic mass is 9.87. The van der Waals surface area contributed by atoms with Crippen molar-refractivity contribution < 1.29 is 19.2 Å². The predicted octanol–water partition coefficient (Wildman–Crippen LogP) is 0.327. The van der Waals surface area contributed by atoms with Gasteiger partial charge >= 0.3 is 7.12 Å². The quantitative estimate of drug-likeness (QED) is 0.606. The molecule has 1 atom stereocenters. The highest BCUT2D eigenvalue weighted by Gasteiger charge is 2.33. The molecule has 0 bridgehead atoms. The first-order chi connectivity index (χ1) is 14.4. The lowest BCUT2D eigenvalue weighted by Gasteiger charge is -2.37. The van der Waals surface area contributed by atoms with Crippen molar-refractivity contribution in [3.05, 3.63) is 53.2 Å². The average Bonchev–Trinajstić information content (AvgIpc) is 3.15. The lowest BCUT2D eigenvalue weighted by molar-refractivity contribution is 0.0671. The normalized spacial score (nSPS) is 19.0. The van der Waals surface area contributed by atoms with Crippen molar-refractivity contribution in [1.82, 2.24) is 19.5 Å². The molecule has 2 N–H and O–H groups in total. The third kappa shape index (κ3) is 3.03. The molecule has 0 unspecified atom stereocenters. The van der Waals surface area contributed by atoms with Gasteiger partial charge in [0.05, 0.1) is 24.7 Å². The summed E-state index contributed by atoms with van der Waals surface area (Å²) in [5, 5.41) is 23.1. The van der Waals surface area contributed by atoms with Crippen LogP contribution in [0, 0.1) is 0 Å². The molecule has 0 saturated carbocycles. The van der Waals surface area contributed by atoms with Gasteiger partial charge in [0.1, 0.15) is 17.7 Å². The Morgan fingerprint density at radius 2 is 2.00 bits per heavy atom. The maximum Gasteiger partial charge on any atom is 0.510 e. The molecule has 0 aliphatic carbocycles. The topological polar surface area (TPSA) is 94.2 Å². The summed E-state index contributed by atoms with van der Waals surface area (Å²) in [6.45, 7) is 2.96. The molecule has 10 heteroatoms. The summed E-state index contributed by atoms with van der Waals surface area (Å²) in [5.41, 5.74) is 2.92. The first kappa shape index (κ1) is 19.0. The van der Waals surface area contributed by atoms with E-state index in [1.165, 1.54) is 16.1 Å². The van der Waals surface area contributed by atoms with Crippen LogP contribution >= 0.6 is 0 Å². The van der Waals surface area contributed by atoms with E-state index < -0.39 is 13.3 Å². The number of alkyl halides is 1. The van der Waals surface area contributed by atoms with Crippen LogP contribution in [-0.2, 0) is 6.42 Å². The van der Waals surface area contributed by atoms with Crippen molar-refractivity contribution in [2.75, 3.05) is 24.5 Å². The SMILES string of the molecule is C[C@@H]1c2ccccc2CCN1C(=O)c1cc(N2CC(F)C2)n2nc(B(O)O)cc2n1. The van der Waals surface area contributed by atoms with Gasteiger partial charge in [0.15, 0.2) is 5.65 Å². The number of fused-ring (bicyclic) bond motifs is 2. The molecule has 2 aromatic heterocycles. The summed E-state index contributed by atoms with van der Waals surface area (Å²) in [6, 6.07) is 11.0. The standard InChI is InChI=1S/C20H21BFN5O3/c1-12-15-5-3-2-4-13(15)6-7-26(12)20(28)16-8-19(25-10-14(22)11-25)27-18(23-16)9-17(24-27)21(29)30/h2-5,8-9,12,14,29-30H,6-7,10-11H2,1H3/t12-/m1/s1. The Bertz CT molecular complexity index is 1130. The Morgan fingerprint density at radius 1 is 1.23 bits per heavy atom. The molecule has 8 nitrogen and oxygen atoms in total. The van der Waals surface area contributed by atoms with Crippen molar-refractivity contribution >= 4 is 30.1 Å². The number of nitrogens with zero attached hydrogens (tertiary/aromatic N) is 5. The third-order valence-corrected chi connectivity index (χ3v) is 5.93. The number of rotatable bonds is 3. The molecule has 1 aromatic carbocycles. The van der Waals surface area contributed by atoms with Gasteiger partial charge in [-0.1, -0.05) is 24.3 Å². The maximum absolute atomic E-state index is 13.5. The summed E-state index contributed by atoms with van der Waals surface area (Å²) in [4.78, 5) is 21.4. The highest BCUT2D eigenvalue weighted by atomic mass is 19.1. The fraction of sp³-hybridized carbons (Fsp3) is 0.350. The second kappa shape index (κ2) is 7.07. The Kier molecular flexibility index (Phi) is 4.48. The monoisotopic (exact) mass is 409 g/mol. The van der Waals surface area contributed by atoms with Gasteiger partial charge in [0, 0.05) is 18.7 Å². The minimum absolute atomic E-state index is 0.0194. The first-order valence-electron chi connectivity index (χ1n) is 9.97. The van der Waals surface area contributed by atoms with Crippen molar-refractivity contribution in [3.63, 3.8) is 0 Å². The van der Waals surface area contributed by atoms with Gasteiger partial charge in [-0.25, -0.2) is 9.37 Å². The summed E-state index contributed by atoms with van der Waals surface area (Å²) < 4.78 is 14.9. The zero-order valence-corrected chi connectivity index (χ0v) is 16.4. The van der Waals surface area contributed by atoms with Gasteiger partial charge in [-0.15, -0.1) is 0 Å². The van der Waals surface area contributed by atoms with E-state index in [-0.39, 0.29) is 36.3 Å². The van der Waals surface area contributed by atoms with Crippen LogP contribution in [-0.4, -0.2) is 68.4 Å². The Hall–Kier alpha value is -2.98. The highest BCUT2D eigenvalue weighted by molar-refractivity contribution is 6.57. The Morgan fingerprint density at radius 3 is 2.73 bits per heavy atom. The fourth-order valence-corrected chi connectivity index (χ4v) is 4.25. The number of hydrogen-bond donors (Lipinski definition) is 2. The summed E-state index contributed by atoms with van der Waals surface area (Å²) in [5.74, 6) is 0.291. The van der Waals surface area contributed by atoms with Crippen LogP contribution in [0.2, 0.25) is 0 Å². The van der Waals surface area contributed by atoms with E-state index in [0.717, 1.165) is 12.0 Å². The molecule has 1 saturated heterocycles. The van der Waals surface area contributed by atoms with Crippen molar-refractivity contribution in [2.45, 2.75) is 25.6 Å². The number of benzene rings is 1. The molecule has 2 aliphatic rings. The van der Waals surface area contributed by atoms with Crippen LogP contribution in [0.5, 0.6) is 0 Å². The van der Waals surface area contributed by atoms with Gasteiger partial charge in [-0.05, 0) is 24.5 Å². The third-order valence-electron chi connectivity index (χ3n) is 5.93. The van der Waals surface area contributed by atoms with Gasteiger partial charge in [0.2, 0.25) is 0 Å². The van der Waals surface area contributed by atoms with E-state index in [4.69, 9.17) is 0 Å². The second-order valence-corrected chi connectivity index (χ2v) is 7.84. The molecule has 1 fully saturated rings. The number of anilines is 1. The number of halogens is 1. The zero-order chi connectivity index (χ0) is 21.0. The first-order valence-corrected chi connectivity index (χ1v) is 9.97. The lowest BCUT2D eigenvalue weighted by Crippen LogP contribution is -2.49. The predicted molar refractivity (Wildman–Crippen MR) is 110 cm³/mol. The molecule has 154 valence electrons. The maximum atomic E-state index is 13.5. The van der Waals surface area contributed by atoms with Crippen LogP contribution in [0.4, 0.5) is 10.2 Å². The summed E-state index contributed by atoms with van der Waals surface area (Å²) >= 11 is 0. The van der Waals surface area contributed by atoms with E-state index in [2.05, 4.69) is 16.1 Å². The molecular weight excluding hydrogens is 388 g/mol. The number of aromatic nitrogens is 3. The highest BCUT2D eigenvalue weighted by Crippen LogP contribution is 2.31. The molecule has 0 spiro atoms. The van der Waals surface area contributed by atoms with Crippen LogP contribution in [0.25, 0.3) is 5.65 Å². The largest absolute Gasteiger partial charge is 0.510 e. The molecule has 3 aromatic rings. The average molecular weight is 409 g/mol. The van der Waals surface area contributed by atoms with Gasteiger partial charge in [-0.2, -0.15) is 9.61 Å². The number of amides is 1. The van der Waals surface area contributed by atoms with Crippen LogP contribution in [0.15, 0.2) is 36.4 Å². The number of hydrogen-bond acceptors (Lipinski definition) is 6. The van der Waals surface area contributed by atoms with E-state index in [9.17, 15) is 19.2 Å². The molecule has 1 amide bonds. The van der Waals surface area contributed by atoms with E-state index in [1.54, 1.807) is 15.9 Å². The van der Waals surface area contributed by atoms with Gasteiger partial charge in [-0.3, -0.25) is 4.79 Å². The van der Waals surface area contributed by atoms with Gasteiger partial charge in [0.25, 0.3) is 5.91 Å². The minimum Gasteiger partial charge on any atom is -0.422 e. The number of carbonyl (C=O) groups excluding carboxylic acids is 1. The molecule has 5 rings (SSSR count). The zero-order valence-electron chi connectivity index (χ0n) is 16.4. The summed E-state index contributed by atoms with van der Waals surface area (Å²) in [7, 11) is -1.76. The molecule has 2 aliphatic heterocycles.